The van der Waals surface area contributed by atoms with Crippen molar-refractivity contribution in [2.45, 2.75) is 19.3 Å². The SMILES string of the molecule is FC1=C(Cc2ccccc2)c2ccccc2CC1. The summed E-state index contributed by atoms with van der Waals surface area (Å²) < 4.78 is 14.1. The van der Waals surface area contributed by atoms with Gasteiger partial charge in [-0.1, -0.05) is 54.6 Å². The summed E-state index contributed by atoms with van der Waals surface area (Å²) in [6, 6.07) is 18.3. The van der Waals surface area contributed by atoms with Crippen LogP contribution in [0, 0.1) is 0 Å². The Labute approximate surface area is 107 Å². The molecule has 2 aromatic carbocycles. The van der Waals surface area contributed by atoms with E-state index in [0.717, 1.165) is 17.6 Å². The van der Waals surface area contributed by atoms with E-state index in [1.807, 2.05) is 36.4 Å². The van der Waals surface area contributed by atoms with Gasteiger partial charge in [-0.2, -0.15) is 0 Å². The van der Waals surface area contributed by atoms with Gasteiger partial charge in [-0.3, -0.25) is 0 Å². The Bertz CT molecular complexity index is 582. The Hall–Kier alpha value is -1.89. The number of hydrogen-bond donors (Lipinski definition) is 0. The highest BCUT2D eigenvalue weighted by molar-refractivity contribution is 5.73. The van der Waals surface area contributed by atoms with Crippen molar-refractivity contribution in [2.24, 2.45) is 0 Å². The molecular weight excluding hydrogens is 223 g/mol. The lowest BCUT2D eigenvalue weighted by atomic mass is 9.87. The molecule has 0 N–H and O–H groups in total. The third-order valence-corrected chi connectivity index (χ3v) is 3.51. The lowest BCUT2D eigenvalue weighted by Gasteiger charge is -2.19. The summed E-state index contributed by atoms with van der Waals surface area (Å²) in [7, 11) is 0. The smallest absolute Gasteiger partial charge is 0.104 e. The minimum atomic E-state index is 0.0533. The van der Waals surface area contributed by atoms with Crippen molar-refractivity contribution in [3.63, 3.8) is 0 Å². The fraction of sp³-hybridized carbons (Fsp3) is 0.176. The summed E-state index contributed by atoms with van der Waals surface area (Å²) in [5.41, 5.74) is 4.39. The van der Waals surface area contributed by atoms with Crippen molar-refractivity contribution >= 4 is 5.57 Å². The first-order chi connectivity index (χ1) is 8.84. The molecule has 0 unspecified atom stereocenters. The van der Waals surface area contributed by atoms with Crippen LogP contribution >= 0.6 is 0 Å². The zero-order valence-electron chi connectivity index (χ0n) is 10.2. The van der Waals surface area contributed by atoms with Crippen LogP contribution in [-0.4, -0.2) is 0 Å². The van der Waals surface area contributed by atoms with Crippen molar-refractivity contribution in [1.29, 1.82) is 0 Å². The molecule has 0 saturated carbocycles. The lowest BCUT2D eigenvalue weighted by molar-refractivity contribution is 0.583. The number of benzene rings is 2. The van der Waals surface area contributed by atoms with E-state index >= 15 is 0 Å². The largest absolute Gasteiger partial charge is 0.211 e. The normalized spacial score (nSPS) is 14.5. The van der Waals surface area contributed by atoms with Crippen LogP contribution in [-0.2, 0) is 12.8 Å². The van der Waals surface area contributed by atoms with Crippen molar-refractivity contribution in [3.8, 4) is 0 Å². The number of hydrogen-bond acceptors (Lipinski definition) is 0. The molecule has 1 aliphatic rings. The van der Waals surface area contributed by atoms with Crippen LogP contribution < -0.4 is 0 Å². The predicted octanol–water partition coefficient (Wildman–Crippen LogP) is 4.56. The lowest BCUT2D eigenvalue weighted by Crippen LogP contribution is -2.04. The number of halogens is 1. The average molecular weight is 238 g/mol. The third kappa shape index (κ3) is 2.08. The van der Waals surface area contributed by atoms with Crippen LogP contribution in [0.1, 0.15) is 23.1 Å². The molecule has 2 aromatic rings. The number of rotatable bonds is 2. The highest BCUT2D eigenvalue weighted by Gasteiger charge is 2.18. The van der Waals surface area contributed by atoms with Crippen LogP contribution in [0.2, 0.25) is 0 Å². The summed E-state index contributed by atoms with van der Waals surface area (Å²) in [6.45, 7) is 0. The van der Waals surface area contributed by atoms with Crippen molar-refractivity contribution < 1.29 is 4.39 Å². The molecule has 0 bridgehead atoms. The van der Waals surface area contributed by atoms with Crippen LogP contribution in [0.5, 0.6) is 0 Å². The Morgan fingerprint density at radius 3 is 2.39 bits per heavy atom. The highest BCUT2D eigenvalue weighted by atomic mass is 19.1. The fourth-order valence-electron chi connectivity index (χ4n) is 2.57. The van der Waals surface area contributed by atoms with E-state index in [9.17, 15) is 4.39 Å². The third-order valence-electron chi connectivity index (χ3n) is 3.51. The van der Waals surface area contributed by atoms with Gasteiger partial charge < -0.3 is 0 Å². The van der Waals surface area contributed by atoms with Gasteiger partial charge in [-0.05, 0) is 28.7 Å². The highest BCUT2D eigenvalue weighted by Crippen LogP contribution is 2.34. The van der Waals surface area contributed by atoms with Crippen LogP contribution in [0.4, 0.5) is 4.39 Å². The van der Waals surface area contributed by atoms with E-state index in [2.05, 4.69) is 18.2 Å². The van der Waals surface area contributed by atoms with Crippen molar-refractivity contribution in [2.75, 3.05) is 0 Å². The van der Waals surface area contributed by atoms with E-state index in [1.165, 1.54) is 11.1 Å². The minimum Gasteiger partial charge on any atom is -0.211 e. The van der Waals surface area contributed by atoms with Gasteiger partial charge in [0.2, 0.25) is 0 Å². The quantitative estimate of drug-likeness (QED) is 0.719. The monoisotopic (exact) mass is 238 g/mol. The molecule has 0 radical (unpaired) electrons. The summed E-state index contributed by atoms with van der Waals surface area (Å²) in [4.78, 5) is 0. The topological polar surface area (TPSA) is 0 Å². The molecule has 18 heavy (non-hydrogen) atoms. The predicted molar refractivity (Wildman–Crippen MR) is 72.9 cm³/mol. The van der Waals surface area contributed by atoms with Gasteiger partial charge in [-0.25, -0.2) is 4.39 Å². The van der Waals surface area contributed by atoms with Crippen LogP contribution in [0.25, 0.3) is 5.57 Å². The second kappa shape index (κ2) is 4.77. The van der Waals surface area contributed by atoms with Gasteiger partial charge in [0, 0.05) is 12.8 Å². The van der Waals surface area contributed by atoms with E-state index < -0.39 is 0 Å². The number of aryl methyl sites for hydroxylation is 1. The maximum absolute atomic E-state index is 14.1. The van der Waals surface area contributed by atoms with Gasteiger partial charge in [0.25, 0.3) is 0 Å². The fourth-order valence-corrected chi connectivity index (χ4v) is 2.57. The molecule has 0 amide bonds. The molecule has 0 heterocycles. The van der Waals surface area contributed by atoms with E-state index in [4.69, 9.17) is 0 Å². The Balaban J connectivity index is 2.00. The molecule has 0 aromatic heterocycles. The van der Waals surface area contributed by atoms with Crippen LogP contribution in [0.3, 0.4) is 0 Å². The maximum Gasteiger partial charge on any atom is 0.104 e. The second-order valence-corrected chi connectivity index (χ2v) is 4.70. The number of allylic oxidation sites excluding steroid dienone is 2. The molecular formula is C17H15F. The first-order valence-corrected chi connectivity index (χ1v) is 6.34. The molecule has 90 valence electrons. The zero-order chi connectivity index (χ0) is 12.4. The first kappa shape index (κ1) is 11.2. The van der Waals surface area contributed by atoms with Gasteiger partial charge in [0.1, 0.15) is 5.83 Å². The summed E-state index contributed by atoms with van der Waals surface area (Å²) in [5.74, 6) is 0.0533. The minimum absolute atomic E-state index is 0.0533. The standard InChI is InChI=1S/C17H15F/c18-17-11-10-14-8-4-5-9-15(14)16(17)12-13-6-2-1-3-7-13/h1-9H,10-12H2. The van der Waals surface area contributed by atoms with Crippen LogP contribution in [0.15, 0.2) is 60.4 Å². The summed E-state index contributed by atoms with van der Waals surface area (Å²) >= 11 is 0. The van der Waals surface area contributed by atoms with Gasteiger partial charge in [0.05, 0.1) is 0 Å². The molecule has 1 heteroatoms. The zero-order valence-corrected chi connectivity index (χ0v) is 10.2. The Morgan fingerprint density at radius 1 is 0.833 bits per heavy atom. The van der Waals surface area contributed by atoms with Crippen molar-refractivity contribution in [1.82, 2.24) is 0 Å². The van der Waals surface area contributed by atoms with E-state index in [1.54, 1.807) is 0 Å². The Morgan fingerprint density at radius 2 is 1.56 bits per heavy atom. The molecule has 3 rings (SSSR count). The van der Waals surface area contributed by atoms with Gasteiger partial charge >= 0.3 is 0 Å². The molecule has 0 saturated heterocycles. The van der Waals surface area contributed by atoms with E-state index in [0.29, 0.717) is 12.8 Å². The number of fused-ring (bicyclic) bond motifs is 1. The summed E-state index contributed by atoms with van der Waals surface area (Å²) in [6.07, 6.45) is 2.04. The van der Waals surface area contributed by atoms with Gasteiger partial charge in [-0.15, -0.1) is 0 Å². The maximum atomic E-state index is 14.1. The molecule has 0 spiro atoms. The second-order valence-electron chi connectivity index (χ2n) is 4.70. The first-order valence-electron chi connectivity index (χ1n) is 6.34. The average Bonchev–Trinajstić information content (AvgIpc) is 2.43. The van der Waals surface area contributed by atoms with E-state index in [-0.39, 0.29) is 5.83 Å². The van der Waals surface area contributed by atoms with Crippen molar-refractivity contribution in [3.05, 3.63) is 77.1 Å². The molecule has 0 nitrogen and oxygen atoms in total. The molecule has 0 aliphatic heterocycles. The van der Waals surface area contributed by atoms with Gasteiger partial charge in [0.15, 0.2) is 0 Å². The summed E-state index contributed by atoms with van der Waals surface area (Å²) in [5, 5.41) is 0. The molecule has 1 aliphatic carbocycles. The Kier molecular flexibility index (Phi) is 2.97. The molecule has 0 fully saturated rings. The molecule has 0 atom stereocenters.